The Morgan fingerprint density at radius 1 is 1.55 bits per heavy atom. The number of aryl methyl sites for hydroxylation is 1. The summed E-state index contributed by atoms with van der Waals surface area (Å²) in [6, 6.07) is 0. The van der Waals surface area contributed by atoms with Crippen molar-refractivity contribution in [2.75, 3.05) is 0 Å². The van der Waals surface area contributed by atoms with E-state index in [1.54, 1.807) is 0 Å². The molecule has 0 aliphatic carbocycles. The van der Waals surface area contributed by atoms with Crippen LogP contribution >= 0.6 is 0 Å². The van der Waals surface area contributed by atoms with Crippen molar-refractivity contribution in [1.29, 1.82) is 0 Å². The van der Waals surface area contributed by atoms with Gasteiger partial charge in [-0.25, -0.2) is 0 Å². The Balaban J connectivity index is 2.72. The summed E-state index contributed by atoms with van der Waals surface area (Å²) < 4.78 is 36.1. The Morgan fingerprint density at radius 2 is 2.18 bits per heavy atom. The van der Waals surface area contributed by atoms with Gasteiger partial charge in [-0.2, -0.15) is 13.2 Å². The van der Waals surface area contributed by atoms with E-state index in [4.69, 9.17) is 0 Å². The summed E-state index contributed by atoms with van der Waals surface area (Å²) in [4.78, 5) is 0. The average Bonchev–Trinajstić information content (AvgIpc) is 2.12. The van der Waals surface area contributed by atoms with E-state index in [0.29, 0.717) is 0 Å². The number of aromatic nitrogens is 3. The maximum absolute atomic E-state index is 11.7. The number of halogens is 3. The number of alkyl halides is 3. The molecule has 0 aromatic carbocycles. The van der Waals surface area contributed by atoms with Gasteiger partial charge in [0.25, 0.3) is 0 Å². The first-order valence-electron chi connectivity index (χ1n) is 2.90. The first-order chi connectivity index (χ1) is 4.99. The Labute approximate surface area is 60.8 Å². The van der Waals surface area contributed by atoms with E-state index in [9.17, 15) is 13.2 Å². The van der Waals surface area contributed by atoms with Crippen molar-refractivity contribution >= 4 is 0 Å². The lowest BCUT2D eigenvalue weighted by molar-refractivity contribution is -0.141. The van der Waals surface area contributed by atoms with Crippen LogP contribution in [0.15, 0.2) is 6.33 Å². The topological polar surface area (TPSA) is 30.7 Å². The summed E-state index contributed by atoms with van der Waals surface area (Å²) >= 11 is 0. The molecule has 1 aromatic heterocycles. The van der Waals surface area contributed by atoms with Gasteiger partial charge in [0.2, 0.25) is 0 Å². The molecular weight excluding hydrogens is 159 g/mol. The van der Waals surface area contributed by atoms with Crippen LogP contribution in [0.25, 0.3) is 0 Å². The minimum atomic E-state index is -4.20. The fraction of sp³-hybridized carbons (Fsp3) is 0.600. The zero-order chi connectivity index (χ0) is 8.48. The molecule has 0 saturated carbocycles. The summed E-state index contributed by atoms with van der Waals surface area (Å²) in [5.74, 6) is 0.266. The maximum atomic E-state index is 11.7. The highest BCUT2D eigenvalue weighted by molar-refractivity contribution is 4.80. The van der Waals surface area contributed by atoms with Crippen LogP contribution in [0.5, 0.6) is 0 Å². The van der Waals surface area contributed by atoms with Gasteiger partial charge < -0.3 is 4.57 Å². The number of nitrogens with zero attached hydrogens (tertiary/aromatic N) is 3. The molecule has 0 radical (unpaired) electrons. The molecule has 0 aliphatic rings. The molecule has 0 N–H and O–H groups in total. The smallest absolute Gasteiger partial charge is 0.309 e. The van der Waals surface area contributed by atoms with Crippen molar-refractivity contribution in [3.8, 4) is 0 Å². The first-order valence-corrected chi connectivity index (χ1v) is 2.90. The Hall–Kier alpha value is -1.07. The second-order valence-corrected chi connectivity index (χ2v) is 2.12. The predicted octanol–water partition coefficient (Wildman–Crippen LogP) is 1.15. The molecular formula is C5H6F3N3. The van der Waals surface area contributed by atoms with Crippen molar-refractivity contribution in [3.05, 3.63) is 12.2 Å². The van der Waals surface area contributed by atoms with Gasteiger partial charge >= 0.3 is 6.18 Å². The van der Waals surface area contributed by atoms with Crippen molar-refractivity contribution in [1.82, 2.24) is 14.8 Å². The van der Waals surface area contributed by atoms with E-state index < -0.39 is 12.7 Å². The molecule has 0 aliphatic heterocycles. The maximum Gasteiger partial charge on any atom is 0.406 e. The average molecular weight is 165 g/mol. The van der Waals surface area contributed by atoms with Crippen molar-refractivity contribution in [2.24, 2.45) is 0 Å². The van der Waals surface area contributed by atoms with Crippen LogP contribution in [-0.4, -0.2) is 20.9 Å². The highest BCUT2D eigenvalue weighted by Gasteiger charge is 2.28. The molecule has 3 nitrogen and oxygen atoms in total. The molecule has 0 fully saturated rings. The number of rotatable bonds is 1. The first kappa shape index (κ1) is 8.03. The zero-order valence-electron chi connectivity index (χ0n) is 5.76. The number of hydrogen-bond acceptors (Lipinski definition) is 2. The van der Waals surface area contributed by atoms with Gasteiger partial charge in [0, 0.05) is 0 Å². The Morgan fingerprint density at radius 3 is 2.55 bits per heavy atom. The molecule has 0 spiro atoms. The van der Waals surface area contributed by atoms with Crippen LogP contribution < -0.4 is 0 Å². The molecule has 6 heteroatoms. The fourth-order valence-electron chi connectivity index (χ4n) is 0.661. The van der Waals surface area contributed by atoms with E-state index in [0.717, 1.165) is 10.9 Å². The molecule has 62 valence electrons. The van der Waals surface area contributed by atoms with E-state index in [1.807, 2.05) is 0 Å². The molecule has 0 amide bonds. The predicted molar refractivity (Wildman–Crippen MR) is 30.8 cm³/mol. The highest BCUT2D eigenvalue weighted by Crippen LogP contribution is 2.17. The Kier molecular flexibility index (Phi) is 1.84. The normalized spacial score (nSPS) is 12.0. The van der Waals surface area contributed by atoms with Gasteiger partial charge in [-0.15, -0.1) is 10.2 Å². The summed E-state index contributed by atoms with van der Waals surface area (Å²) in [7, 11) is 0. The van der Waals surface area contributed by atoms with E-state index >= 15 is 0 Å². The van der Waals surface area contributed by atoms with Gasteiger partial charge in [0.05, 0.1) is 0 Å². The van der Waals surface area contributed by atoms with Crippen LogP contribution in [0.4, 0.5) is 13.2 Å². The van der Waals surface area contributed by atoms with Gasteiger partial charge in [0.15, 0.2) is 0 Å². The van der Waals surface area contributed by atoms with Gasteiger partial charge in [-0.3, -0.25) is 0 Å². The van der Waals surface area contributed by atoms with Crippen molar-refractivity contribution in [3.63, 3.8) is 0 Å². The van der Waals surface area contributed by atoms with E-state index in [2.05, 4.69) is 10.2 Å². The van der Waals surface area contributed by atoms with E-state index in [1.165, 1.54) is 6.92 Å². The molecule has 0 bridgehead atoms. The lowest BCUT2D eigenvalue weighted by Gasteiger charge is -2.06. The second kappa shape index (κ2) is 2.52. The summed E-state index contributed by atoms with van der Waals surface area (Å²) in [6.45, 7) is 0.449. The summed E-state index contributed by atoms with van der Waals surface area (Å²) in [5.41, 5.74) is 0. The third-order valence-electron chi connectivity index (χ3n) is 1.16. The van der Waals surface area contributed by atoms with Crippen LogP contribution in [0, 0.1) is 6.92 Å². The monoisotopic (exact) mass is 165 g/mol. The fourth-order valence-corrected chi connectivity index (χ4v) is 0.661. The molecule has 1 heterocycles. The molecule has 11 heavy (non-hydrogen) atoms. The minimum absolute atomic E-state index is 0.266. The summed E-state index contributed by atoms with van der Waals surface area (Å²) in [5, 5.41) is 6.73. The lowest BCUT2D eigenvalue weighted by Crippen LogP contribution is -2.17. The highest BCUT2D eigenvalue weighted by atomic mass is 19.4. The lowest BCUT2D eigenvalue weighted by atomic mass is 10.6. The third kappa shape index (κ3) is 2.21. The molecule has 0 unspecified atom stereocenters. The van der Waals surface area contributed by atoms with Crippen LogP contribution in [0.1, 0.15) is 5.82 Å². The SMILES string of the molecule is Cc1nncn1CC(F)(F)F. The largest absolute Gasteiger partial charge is 0.406 e. The van der Waals surface area contributed by atoms with E-state index in [-0.39, 0.29) is 5.82 Å². The summed E-state index contributed by atoms with van der Waals surface area (Å²) in [6.07, 6.45) is -3.14. The molecule has 0 saturated heterocycles. The minimum Gasteiger partial charge on any atom is -0.309 e. The Bertz CT molecular complexity index is 239. The van der Waals surface area contributed by atoms with Gasteiger partial charge in [0.1, 0.15) is 18.7 Å². The number of hydrogen-bond donors (Lipinski definition) is 0. The van der Waals surface area contributed by atoms with Gasteiger partial charge in [-0.05, 0) is 6.92 Å². The molecule has 1 rings (SSSR count). The molecule has 0 atom stereocenters. The standard InChI is InChI=1S/C5H6F3N3/c1-4-10-9-3-11(4)2-5(6,7)8/h3H,2H2,1H3. The molecule has 1 aromatic rings. The second-order valence-electron chi connectivity index (χ2n) is 2.12. The quantitative estimate of drug-likeness (QED) is 0.624. The van der Waals surface area contributed by atoms with Crippen LogP contribution in [0.3, 0.4) is 0 Å². The van der Waals surface area contributed by atoms with Crippen LogP contribution in [0.2, 0.25) is 0 Å². The van der Waals surface area contributed by atoms with Crippen molar-refractivity contribution in [2.45, 2.75) is 19.6 Å². The third-order valence-corrected chi connectivity index (χ3v) is 1.16. The van der Waals surface area contributed by atoms with Crippen molar-refractivity contribution < 1.29 is 13.2 Å². The zero-order valence-corrected chi connectivity index (χ0v) is 5.76. The van der Waals surface area contributed by atoms with Crippen LogP contribution in [-0.2, 0) is 6.54 Å². The van der Waals surface area contributed by atoms with Gasteiger partial charge in [-0.1, -0.05) is 0 Å².